The molecule has 0 saturated carbocycles. The van der Waals surface area contributed by atoms with E-state index in [1.807, 2.05) is 0 Å². The van der Waals surface area contributed by atoms with Gasteiger partial charge in [-0.15, -0.1) is 0 Å². The Kier molecular flexibility index (Phi) is 6.00. The third kappa shape index (κ3) is 3.48. The lowest BCUT2D eigenvalue weighted by Gasteiger charge is -2.38. The van der Waals surface area contributed by atoms with Crippen molar-refractivity contribution >= 4 is 11.6 Å². The maximum atomic E-state index is 13.6. The number of carbonyl (C=O) groups is 1. The Hall–Kier alpha value is -2.15. The summed E-state index contributed by atoms with van der Waals surface area (Å²) in [5.41, 5.74) is -0.172. The first-order valence-corrected chi connectivity index (χ1v) is 6.89. The van der Waals surface area contributed by atoms with Gasteiger partial charge in [-0.05, 0) is 19.1 Å². The molecular weight excluding hydrogens is 426 g/mol. The van der Waals surface area contributed by atoms with Crippen LogP contribution in [0.5, 0.6) is 0 Å². The molecule has 0 aromatic heterocycles. The van der Waals surface area contributed by atoms with E-state index in [2.05, 4.69) is 0 Å². The fourth-order valence-corrected chi connectivity index (χ4v) is 1.73. The molecule has 0 saturated heterocycles. The Morgan fingerprint density at radius 3 is 1.61 bits per heavy atom. The zero-order valence-corrected chi connectivity index (χ0v) is 13.3. The van der Waals surface area contributed by atoms with Gasteiger partial charge in [0, 0.05) is 5.69 Å². The molecule has 0 bridgehead atoms. The van der Waals surface area contributed by atoms with Crippen molar-refractivity contribution < 1.29 is 57.5 Å². The fraction of sp³-hybridized carbons (Fsp3) is 0.500. The summed E-state index contributed by atoms with van der Waals surface area (Å²) in [6.07, 6.45) is -5.60. The molecule has 0 radical (unpaired) electrons. The highest BCUT2D eigenvalue weighted by Gasteiger charge is 2.89. The van der Waals surface area contributed by atoms with Crippen LogP contribution in [0.3, 0.4) is 0 Å². The maximum Gasteiger partial charge on any atom is 0.393 e. The molecule has 14 heteroatoms. The molecule has 0 fully saturated rings. The second kappa shape index (κ2) is 7.03. The van der Waals surface area contributed by atoms with Gasteiger partial charge in [-0.2, -0.15) is 43.9 Å². The molecule has 0 atom stereocenters. The number of hydrogen-bond acceptors (Lipinski definition) is 1. The summed E-state index contributed by atoms with van der Waals surface area (Å²) >= 11 is 0. The molecule has 1 rings (SSSR count). The second-order valence-electron chi connectivity index (χ2n) is 5.54. The Balaban J connectivity index is 3.32. The van der Waals surface area contributed by atoms with Crippen LogP contribution in [0.2, 0.25) is 0 Å². The number of aryl methyl sites for hydroxylation is 1. The fourth-order valence-electron chi connectivity index (χ4n) is 1.73. The van der Waals surface area contributed by atoms with E-state index in [4.69, 9.17) is 0 Å². The first-order chi connectivity index (χ1) is 12.3. The number of amides is 1. The van der Waals surface area contributed by atoms with Crippen molar-refractivity contribution in [1.82, 2.24) is 0 Å². The Bertz CT molecular complexity index is 714. The maximum absolute atomic E-state index is 13.6. The third-order valence-corrected chi connectivity index (χ3v) is 3.47. The highest BCUT2D eigenvalue weighted by molar-refractivity contribution is 5.97. The van der Waals surface area contributed by atoms with Crippen LogP contribution in [0.15, 0.2) is 24.3 Å². The smallest absolute Gasteiger partial charge is 0.321 e. The van der Waals surface area contributed by atoms with Gasteiger partial charge in [0.05, 0.1) is 0 Å². The van der Waals surface area contributed by atoms with Crippen LogP contribution in [0.25, 0.3) is 0 Å². The molecule has 0 aliphatic rings. The Morgan fingerprint density at radius 2 is 1.21 bits per heavy atom. The van der Waals surface area contributed by atoms with E-state index in [1.165, 1.54) is 6.92 Å². The van der Waals surface area contributed by atoms with E-state index in [0.29, 0.717) is 5.56 Å². The minimum atomic E-state index is -7.74. The van der Waals surface area contributed by atoms with Gasteiger partial charge in [0.15, 0.2) is 0 Å². The van der Waals surface area contributed by atoms with Gasteiger partial charge in [-0.25, -0.2) is 8.78 Å². The van der Waals surface area contributed by atoms with E-state index >= 15 is 0 Å². The molecule has 160 valence electrons. The number of benzene rings is 1. The molecule has 1 amide bonds. The summed E-state index contributed by atoms with van der Waals surface area (Å²) < 4.78 is 156. The van der Waals surface area contributed by atoms with E-state index in [9.17, 15) is 57.5 Å². The number of rotatable bonds is 7. The molecule has 0 spiro atoms. The van der Waals surface area contributed by atoms with E-state index < -0.39 is 47.6 Å². The summed E-state index contributed by atoms with van der Waals surface area (Å²) in [4.78, 5) is 11.3. The van der Waals surface area contributed by atoms with Gasteiger partial charge in [0.25, 0.3) is 0 Å². The molecule has 0 unspecified atom stereocenters. The largest absolute Gasteiger partial charge is 0.393 e. The number of nitrogens with one attached hydrogen (secondary N) is 1. The summed E-state index contributed by atoms with van der Waals surface area (Å²) in [6.45, 7) is 1.47. The molecule has 0 aliphatic heterocycles. The zero-order valence-electron chi connectivity index (χ0n) is 13.3. The van der Waals surface area contributed by atoms with Crippen LogP contribution >= 0.6 is 0 Å². The highest BCUT2D eigenvalue weighted by Crippen LogP contribution is 2.58. The normalized spacial score (nSPS) is 14.4. The van der Waals surface area contributed by atoms with Gasteiger partial charge in [-0.1, -0.05) is 17.7 Å². The first-order valence-electron chi connectivity index (χ1n) is 6.89. The van der Waals surface area contributed by atoms with Crippen molar-refractivity contribution in [2.45, 2.75) is 43.0 Å². The highest BCUT2D eigenvalue weighted by atomic mass is 19.4. The first kappa shape index (κ1) is 23.9. The molecule has 1 aromatic rings. The standard InChI is InChI=1S/C14H9F12NO/c1-6-2-4-7(5-3-6)27-9(28)11(19,20)13(23,24)14(25,26)12(21,22)10(17,18)8(15)16/h2-5,8H,1H3,(H,27,28). The van der Waals surface area contributed by atoms with Crippen LogP contribution in [0.4, 0.5) is 58.4 Å². The molecule has 2 nitrogen and oxygen atoms in total. The zero-order chi connectivity index (χ0) is 22.3. The van der Waals surface area contributed by atoms with Crippen molar-refractivity contribution in [3.63, 3.8) is 0 Å². The summed E-state index contributed by atoms with van der Waals surface area (Å²) in [7, 11) is 0. The van der Waals surface area contributed by atoms with E-state index in [1.54, 1.807) is 0 Å². The number of halogens is 12. The average molecular weight is 435 g/mol. The lowest BCUT2D eigenvalue weighted by Crippen LogP contribution is -2.70. The summed E-state index contributed by atoms with van der Waals surface area (Å²) in [5, 5.41) is 1.02. The lowest BCUT2D eigenvalue weighted by molar-refractivity contribution is -0.406. The molecule has 1 N–H and O–H groups in total. The van der Waals surface area contributed by atoms with Crippen molar-refractivity contribution in [2.75, 3.05) is 5.32 Å². The minimum absolute atomic E-state index is 0.482. The predicted molar refractivity (Wildman–Crippen MR) is 70.5 cm³/mol. The monoisotopic (exact) mass is 435 g/mol. The minimum Gasteiger partial charge on any atom is -0.321 e. The molecule has 28 heavy (non-hydrogen) atoms. The molecule has 0 aliphatic carbocycles. The van der Waals surface area contributed by atoms with Crippen molar-refractivity contribution in [1.29, 1.82) is 0 Å². The predicted octanol–water partition coefficient (Wildman–Crippen LogP) is 5.38. The molecule has 0 heterocycles. The Labute approximate surface area is 148 Å². The van der Waals surface area contributed by atoms with Gasteiger partial charge < -0.3 is 5.32 Å². The summed E-state index contributed by atoms with van der Waals surface area (Å²) in [6, 6.07) is 3.99. The topological polar surface area (TPSA) is 29.1 Å². The molecule has 1 aromatic carbocycles. The van der Waals surface area contributed by atoms with Crippen LogP contribution < -0.4 is 5.32 Å². The van der Waals surface area contributed by atoms with Crippen LogP contribution in [-0.4, -0.2) is 41.9 Å². The summed E-state index contributed by atoms with van der Waals surface area (Å²) in [5.74, 6) is -39.9. The van der Waals surface area contributed by atoms with Crippen molar-refractivity contribution in [3.8, 4) is 0 Å². The average Bonchev–Trinajstić information content (AvgIpc) is 2.55. The number of alkyl halides is 12. The van der Waals surface area contributed by atoms with E-state index in [-0.39, 0.29) is 0 Å². The van der Waals surface area contributed by atoms with Gasteiger partial charge >= 0.3 is 41.9 Å². The molecular formula is C14H9F12NO. The van der Waals surface area contributed by atoms with Crippen molar-refractivity contribution in [2.24, 2.45) is 0 Å². The number of carbonyl (C=O) groups excluding carboxylic acids is 1. The van der Waals surface area contributed by atoms with Gasteiger partial charge in [-0.3, -0.25) is 4.79 Å². The van der Waals surface area contributed by atoms with Gasteiger partial charge in [0.2, 0.25) is 0 Å². The van der Waals surface area contributed by atoms with Crippen LogP contribution in [-0.2, 0) is 4.79 Å². The quantitative estimate of drug-likeness (QED) is 0.573. The van der Waals surface area contributed by atoms with Gasteiger partial charge in [0.1, 0.15) is 0 Å². The van der Waals surface area contributed by atoms with E-state index in [0.717, 1.165) is 29.6 Å². The Morgan fingerprint density at radius 1 is 0.786 bits per heavy atom. The lowest BCUT2D eigenvalue weighted by atomic mass is 9.94. The SMILES string of the molecule is Cc1ccc(NC(=O)C(F)(F)C(F)(F)C(F)(F)C(F)(F)C(F)(F)C(F)F)cc1. The van der Waals surface area contributed by atoms with Crippen LogP contribution in [0.1, 0.15) is 5.56 Å². The van der Waals surface area contributed by atoms with Crippen LogP contribution in [0, 0.1) is 6.92 Å². The third-order valence-electron chi connectivity index (χ3n) is 3.47. The number of anilines is 1. The number of hydrogen-bond donors (Lipinski definition) is 1. The second-order valence-corrected chi connectivity index (χ2v) is 5.54. The van der Waals surface area contributed by atoms with Crippen molar-refractivity contribution in [3.05, 3.63) is 29.8 Å².